The van der Waals surface area contributed by atoms with E-state index < -0.39 is 17.5 Å². The number of furan rings is 1. The van der Waals surface area contributed by atoms with Gasteiger partial charge in [-0.25, -0.2) is 4.79 Å². The van der Waals surface area contributed by atoms with E-state index in [1.165, 1.54) is 17.4 Å². The summed E-state index contributed by atoms with van der Waals surface area (Å²) in [6.45, 7) is 1.30. The maximum Gasteiger partial charge on any atom is 0.325 e. The third-order valence-corrected chi connectivity index (χ3v) is 5.01. The molecule has 6 heteroatoms. The minimum Gasteiger partial charge on any atom is -0.466 e. The molecule has 2 heterocycles. The first-order valence-corrected chi connectivity index (χ1v) is 8.32. The first-order valence-electron chi connectivity index (χ1n) is 8.32. The predicted molar refractivity (Wildman–Crippen MR) is 89.1 cm³/mol. The number of carbonyl (C=O) groups is 3. The zero-order valence-corrected chi connectivity index (χ0v) is 13.9. The molecular formula is C19H18N2O4. The first-order chi connectivity index (χ1) is 12.0. The fourth-order valence-corrected chi connectivity index (χ4v) is 3.55. The fraction of sp³-hybridized carbons (Fsp3) is 0.316. The summed E-state index contributed by atoms with van der Waals surface area (Å²) in [6.07, 6.45) is 4.55. The molecule has 1 N–H and O–H groups in total. The second kappa shape index (κ2) is 5.58. The van der Waals surface area contributed by atoms with Crippen molar-refractivity contribution in [1.82, 2.24) is 10.2 Å². The molecule has 1 aromatic heterocycles. The van der Waals surface area contributed by atoms with Crippen molar-refractivity contribution < 1.29 is 18.8 Å². The molecule has 1 aliphatic carbocycles. The average Bonchev–Trinajstić information content (AvgIpc) is 3.31. The topological polar surface area (TPSA) is 79.6 Å². The van der Waals surface area contributed by atoms with E-state index in [0.717, 1.165) is 24.2 Å². The molecule has 0 radical (unpaired) electrons. The number of hydrogen-bond donors (Lipinski definition) is 1. The van der Waals surface area contributed by atoms with Gasteiger partial charge in [0.25, 0.3) is 5.91 Å². The van der Waals surface area contributed by atoms with Crippen molar-refractivity contribution in [3.05, 3.63) is 59.0 Å². The zero-order valence-electron chi connectivity index (χ0n) is 13.9. The maximum atomic E-state index is 12.7. The third-order valence-electron chi connectivity index (χ3n) is 5.01. The van der Waals surface area contributed by atoms with Gasteiger partial charge in [0.05, 0.1) is 12.8 Å². The third kappa shape index (κ3) is 2.45. The van der Waals surface area contributed by atoms with Crippen LogP contribution in [0.2, 0.25) is 0 Å². The summed E-state index contributed by atoms with van der Waals surface area (Å²) in [5.74, 6) is -0.387. The predicted octanol–water partition coefficient (Wildman–Crippen LogP) is 2.42. The number of carbonyl (C=O) groups excluding carboxylic acids is 3. The summed E-state index contributed by atoms with van der Waals surface area (Å²) < 4.78 is 5.28. The van der Waals surface area contributed by atoms with Crippen molar-refractivity contribution in [3.63, 3.8) is 0 Å². The number of benzene rings is 1. The molecular weight excluding hydrogens is 320 g/mol. The van der Waals surface area contributed by atoms with Crippen molar-refractivity contribution in [2.45, 2.75) is 31.7 Å². The van der Waals surface area contributed by atoms with Crippen LogP contribution in [-0.4, -0.2) is 29.2 Å². The Balaban J connectivity index is 1.55. The van der Waals surface area contributed by atoms with Crippen LogP contribution < -0.4 is 5.32 Å². The number of amides is 3. The molecule has 1 atom stereocenters. The molecule has 1 aromatic carbocycles. The molecule has 1 saturated heterocycles. The molecule has 25 heavy (non-hydrogen) atoms. The summed E-state index contributed by atoms with van der Waals surface area (Å²) in [7, 11) is 0. The van der Waals surface area contributed by atoms with Crippen molar-refractivity contribution in [3.8, 4) is 0 Å². The van der Waals surface area contributed by atoms with Crippen molar-refractivity contribution in [2.24, 2.45) is 0 Å². The molecule has 1 aliphatic heterocycles. The largest absolute Gasteiger partial charge is 0.466 e. The quantitative estimate of drug-likeness (QED) is 0.686. The van der Waals surface area contributed by atoms with Gasteiger partial charge in [0, 0.05) is 5.56 Å². The van der Waals surface area contributed by atoms with Gasteiger partial charge in [-0.1, -0.05) is 12.1 Å². The van der Waals surface area contributed by atoms with Crippen LogP contribution in [0.1, 0.15) is 40.6 Å². The van der Waals surface area contributed by atoms with Gasteiger partial charge in [-0.05, 0) is 55.5 Å². The van der Waals surface area contributed by atoms with Gasteiger partial charge >= 0.3 is 6.03 Å². The first kappa shape index (κ1) is 15.6. The summed E-state index contributed by atoms with van der Waals surface area (Å²) in [4.78, 5) is 38.5. The molecule has 3 amide bonds. The molecule has 0 spiro atoms. The van der Waals surface area contributed by atoms with Gasteiger partial charge in [-0.2, -0.15) is 0 Å². The van der Waals surface area contributed by atoms with E-state index in [2.05, 4.69) is 5.32 Å². The molecule has 6 nitrogen and oxygen atoms in total. The summed E-state index contributed by atoms with van der Waals surface area (Å²) >= 11 is 0. The Hall–Kier alpha value is -2.89. The van der Waals surface area contributed by atoms with E-state index in [-0.39, 0.29) is 12.3 Å². The van der Waals surface area contributed by atoms with Crippen molar-refractivity contribution in [2.75, 3.05) is 6.54 Å². The van der Waals surface area contributed by atoms with Crippen LogP contribution in [0.15, 0.2) is 41.0 Å². The number of ketones is 1. The highest BCUT2D eigenvalue weighted by Crippen LogP contribution is 2.29. The lowest BCUT2D eigenvalue weighted by atomic mass is 9.99. The second-order valence-electron chi connectivity index (χ2n) is 6.68. The number of imide groups is 1. The summed E-state index contributed by atoms with van der Waals surface area (Å²) in [6, 6.07) is 8.32. The van der Waals surface area contributed by atoms with Gasteiger partial charge in [-0.3, -0.25) is 14.5 Å². The van der Waals surface area contributed by atoms with Crippen LogP contribution in [-0.2, 0) is 23.2 Å². The minimum absolute atomic E-state index is 0.248. The Labute approximate surface area is 144 Å². The number of hydrogen-bond acceptors (Lipinski definition) is 4. The number of urea groups is 1. The van der Waals surface area contributed by atoms with Gasteiger partial charge < -0.3 is 9.73 Å². The van der Waals surface area contributed by atoms with Crippen LogP contribution >= 0.6 is 0 Å². The second-order valence-corrected chi connectivity index (χ2v) is 6.68. The Bertz CT molecular complexity index is 872. The Morgan fingerprint density at radius 1 is 1.24 bits per heavy atom. The van der Waals surface area contributed by atoms with E-state index in [0.29, 0.717) is 11.3 Å². The highest BCUT2D eigenvalue weighted by molar-refractivity contribution is 6.11. The van der Waals surface area contributed by atoms with E-state index in [9.17, 15) is 14.4 Å². The molecule has 128 valence electrons. The summed E-state index contributed by atoms with van der Waals surface area (Å²) in [5.41, 5.74) is 1.71. The average molecular weight is 338 g/mol. The van der Waals surface area contributed by atoms with E-state index in [1.54, 1.807) is 25.1 Å². The Morgan fingerprint density at radius 3 is 2.80 bits per heavy atom. The van der Waals surface area contributed by atoms with Crippen molar-refractivity contribution in [1.29, 1.82) is 0 Å². The van der Waals surface area contributed by atoms with Gasteiger partial charge in [0.15, 0.2) is 11.3 Å². The van der Waals surface area contributed by atoms with Gasteiger partial charge in [-0.15, -0.1) is 0 Å². The Morgan fingerprint density at radius 2 is 2.04 bits per heavy atom. The minimum atomic E-state index is -1.28. The number of Topliss-reactive ketones (excluding diaryl/α,β-unsaturated/α-hetero) is 1. The zero-order chi connectivity index (χ0) is 17.6. The number of fused-ring (bicyclic) bond motifs is 1. The number of rotatable bonds is 4. The Kier molecular flexibility index (Phi) is 3.49. The fourth-order valence-electron chi connectivity index (χ4n) is 3.55. The van der Waals surface area contributed by atoms with Crippen LogP contribution in [0, 0.1) is 0 Å². The van der Waals surface area contributed by atoms with Crippen LogP contribution in [0.4, 0.5) is 4.79 Å². The van der Waals surface area contributed by atoms with Crippen molar-refractivity contribution >= 4 is 17.7 Å². The SMILES string of the molecule is C[C@]1(c2ccco2)NC(=O)N(CC(=O)c2ccc3c(c2)CCC3)C1=O. The molecule has 1 fully saturated rings. The highest BCUT2D eigenvalue weighted by Gasteiger charge is 2.51. The number of aryl methyl sites for hydroxylation is 2. The van der Waals surface area contributed by atoms with Gasteiger partial charge in [0.2, 0.25) is 0 Å². The molecule has 2 aromatic rings. The molecule has 0 saturated carbocycles. The lowest BCUT2D eigenvalue weighted by molar-refractivity contribution is -0.131. The maximum absolute atomic E-state index is 12.7. The molecule has 0 bridgehead atoms. The van der Waals surface area contributed by atoms with Crippen LogP contribution in [0.5, 0.6) is 0 Å². The monoisotopic (exact) mass is 338 g/mol. The standard InChI is InChI=1S/C19H18N2O4/c1-19(16-6-3-9-25-16)17(23)21(18(24)20-19)11-15(22)14-8-7-12-4-2-5-13(12)10-14/h3,6-10H,2,4-5,11H2,1H3,(H,20,24)/t19-/m1/s1. The number of nitrogens with one attached hydrogen (secondary N) is 1. The van der Waals surface area contributed by atoms with E-state index >= 15 is 0 Å². The lowest BCUT2D eigenvalue weighted by Gasteiger charge is -2.18. The molecule has 4 rings (SSSR count). The highest BCUT2D eigenvalue weighted by atomic mass is 16.3. The van der Waals surface area contributed by atoms with E-state index in [1.807, 2.05) is 12.1 Å². The molecule has 0 unspecified atom stereocenters. The normalized spacial score (nSPS) is 22.2. The number of nitrogens with zero attached hydrogens (tertiary/aromatic N) is 1. The lowest BCUT2D eigenvalue weighted by Crippen LogP contribution is -2.41. The smallest absolute Gasteiger partial charge is 0.325 e. The molecule has 2 aliphatic rings. The van der Waals surface area contributed by atoms with E-state index in [4.69, 9.17) is 4.42 Å². The summed E-state index contributed by atoms with van der Waals surface area (Å²) in [5, 5.41) is 2.62. The van der Waals surface area contributed by atoms with Gasteiger partial charge in [0.1, 0.15) is 5.76 Å². The van der Waals surface area contributed by atoms with Crippen LogP contribution in [0.3, 0.4) is 0 Å². The van der Waals surface area contributed by atoms with Crippen LogP contribution in [0.25, 0.3) is 0 Å².